The van der Waals surface area contributed by atoms with Crippen LogP contribution in [-0.2, 0) is 14.3 Å². The fourth-order valence-corrected chi connectivity index (χ4v) is 5.57. The van der Waals surface area contributed by atoms with E-state index in [1.54, 1.807) is 0 Å². The number of nitrogens with zero attached hydrogens (tertiary/aromatic N) is 4. The number of aromatic nitrogens is 1. The Morgan fingerprint density at radius 1 is 1.24 bits per heavy atom. The summed E-state index contributed by atoms with van der Waals surface area (Å²) in [4.78, 5) is 25.9. The van der Waals surface area contributed by atoms with Crippen molar-refractivity contribution >= 4 is 23.4 Å². The summed E-state index contributed by atoms with van der Waals surface area (Å²) in [7, 11) is 3.30. The number of likely N-dealkylation sites (N-methyl/N-ethyl adjacent to an activating group) is 1. The van der Waals surface area contributed by atoms with E-state index < -0.39 is 29.5 Å². The molecular formula is C26H27ClF3N5O3. The number of likely N-dealkylation sites (tertiary alicyclic amines) is 1. The first-order chi connectivity index (χ1) is 18.2. The van der Waals surface area contributed by atoms with Gasteiger partial charge in [-0.3, -0.25) is 9.89 Å². The van der Waals surface area contributed by atoms with Gasteiger partial charge in [0.05, 0.1) is 31.1 Å². The van der Waals surface area contributed by atoms with Gasteiger partial charge in [-0.05, 0) is 25.6 Å². The van der Waals surface area contributed by atoms with Crippen molar-refractivity contribution in [1.82, 2.24) is 20.1 Å². The van der Waals surface area contributed by atoms with Crippen LogP contribution in [-0.4, -0.2) is 85.7 Å². The molecule has 2 fully saturated rings. The molecule has 1 N–H and O–H groups in total. The molecule has 3 aliphatic heterocycles. The van der Waals surface area contributed by atoms with Crippen LogP contribution in [0.15, 0.2) is 46.7 Å². The van der Waals surface area contributed by atoms with Crippen LogP contribution in [0.4, 0.5) is 13.2 Å². The van der Waals surface area contributed by atoms with Crippen molar-refractivity contribution < 1.29 is 27.4 Å². The summed E-state index contributed by atoms with van der Waals surface area (Å²) in [6.45, 7) is 3.86. The summed E-state index contributed by atoms with van der Waals surface area (Å²) in [5.41, 5.74) is 0.317. The molecule has 0 bridgehead atoms. The van der Waals surface area contributed by atoms with Gasteiger partial charge in [0.25, 0.3) is 0 Å². The van der Waals surface area contributed by atoms with Crippen LogP contribution in [0.25, 0.3) is 0 Å². The Balaban J connectivity index is 1.56. The monoisotopic (exact) mass is 549 g/mol. The number of methoxy groups -OCH3 is 1. The van der Waals surface area contributed by atoms with Crippen molar-refractivity contribution in [3.05, 3.63) is 75.5 Å². The summed E-state index contributed by atoms with van der Waals surface area (Å²) >= 11 is 6.38. The van der Waals surface area contributed by atoms with E-state index in [0.717, 1.165) is 31.8 Å². The molecule has 2 aromatic rings. The molecule has 2 atom stereocenters. The predicted molar refractivity (Wildman–Crippen MR) is 134 cm³/mol. The first-order valence-corrected chi connectivity index (χ1v) is 12.5. The Morgan fingerprint density at radius 2 is 2.05 bits per heavy atom. The van der Waals surface area contributed by atoms with Gasteiger partial charge in [-0.1, -0.05) is 17.7 Å². The average Bonchev–Trinajstić information content (AvgIpc) is 3.24. The average molecular weight is 550 g/mol. The number of morpholine rings is 1. The number of carbonyl (C=O) groups is 1. The number of aliphatic imine (C=N–C) groups is 1. The van der Waals surface area contributed by atoms with Crippen LogP contribution in [0, 0.1) is 17.5 Å². The molecule has 0 saturated carbocycles. The zero-order valence-corrected chi connectivity index (χ0v) is 21.7. The lowest BCUT2D eigenvalue weighted by Gasteiger charge is -2.39. The second-order valence-corrected chi connectivity index (χ2v) is 10.2. The van der Waals surface area contributed by atoms with Gasteiger partial charge in [0.1, 0.15) is 23.4 Å². The van der Waals surface area contributed by atoms with E-state index in [9.17, 15) is 18.0 Å². The van der Waals surface area contributed by atoms with Gasteiger partial charge in [-0.15, -0.1) is 0 Å². The molecule has 1 spiro atoms. The van der Waals surface area contributed by atoms with E-state index in [-0.39, 0.29) is 34.3 Å². The Labute approximate surface area is 223 Å². The van der Waals surface area contributed by atoms with Crippen LogP contribution in [0.1, 0.15) is 23.7 Å². The fourth-order valence-electron chi connectivity index (χ4n) is 5.30. The van der Waals surface area contributed by atoms with Gasteiger partial charge in [-0.2, -0.15) is 0 Å². The number of pyridine rings is 1. The summed E-state index contributed by atoms with van der Waals surface area (Å²) < 4.78 is 53.5. The van der Waals surface area contributed by atoms with Gasteiger partial charge in [-0.25, -0.2) is 22.9 Å². The topological polar surface area (TPSA) is 79.3 Å². The molecule has 3 aliphatic rings. The molecule has 0 aliphatic carbocycles. The van der Waals surface area contributed by atoms with E-state index in [1.165, 1.54) is 19.2 Å². The molecule has 4 heterocycles. The Kier molecular flexibility index (Phi) is 7.45. The minimum absolute atomic E-state index is 0.0156. The van der Waals surface area contributed by atoms with Crippen LogP contribution in [0.5, 0.6) is 0 Å². The second-order valence-electron chi connectivity index (χ2n) is 9.77. The lowest BCUT2D eigenvalue weighted by molar-refractivity contribution is -0.136. The van der Waals surface area contributed by atoms with Crippen LogP contribution in [0.2, 0.25) is 5.02 Å². The quantitative estimate of drug-likeness (QED) is 0.574. The highest BCUT2D eigenvalue weighted by molar-refractivity contribution is 6.31. The number of carbonyl (C=O) groups excluding carboxylic acids is 1. The first-order valence-electron chi connectivity index (χ1n) is 12.2. The number of halogens is 4. The highest BCUT2D eigenvalue weighted by atomic mass is 35.5. The van der Waals surface area contributed by atoms with Crippen molar-refractivity contribution in [3.63, 3.8) is 0 Å². The SMILES string of the molecule is COC(=O)C1=C(CN2CCC3(CN(C)CCO3)C2)NC(c2ncc(F)cc2F)=N[C@H]1c1ccc(F)cc1Cl. The van der Waals surface area contributed by atoms with E-state index in [2.05, 4.69) is 32.1 Å². The van der Waals surface area contributed by atoms with E-state index in [4.69, 9.17) is 21.1 Å². The number of ether oxygens (including phenoxy) is 2. The highest BCUT2D eigenvalue weighted by Gasteiger charge is 2.43. The summed E-state index contributed by atoms with van der Waals surface area (Å²) in [5.74, 6) is -3.02. The largest absolute Gasteiger partial charge is 0.466 e. The van der Waals surface area contributed by atoms with E-state index >= 15 is 0 Å². The number of amidine groups is 1. The zero-order chi connectivity index (χ0) is 27.0. The molecule has 12 heteroatoms. The molecule has 38 heavy (non-hydrogen) atoms. The lowest BCUT2D eigenvalue weighted by atomic mass is 9.94. The standard InChI is InChI=1S/C26H27ClF3N5O3/c1-34-7-8-38-26(13-34)5-6-35(14-26)12-20-21(25(36)37-2)22(17-4-3-15(28)9-18(17)27)33-24(32-20)23-19(30)10-16(29)11-31-23/h3-4,9-11,22H,5-8,12-14H2,1-2H3,(H,32,33)/t22-,26?/m0/s1. The maximum Gasteiger partial charge on any atom is 0.338 e. The highest BCUT2D eigenvalue weighted by Crippen LogP contribution is 2.37. The number of benzene rings is 1. The minimum atomic E-state index is -1.05. The third kappa shape index (κ3) is 5.28. The zero-order valence-electron chi connectivity index (χ0n) is 20.9. The van der Waals surface area contributed by atoms with Gasteiger partial charge < -0.3 is 19.7 Å². The molecule has 0 radical (unpaired) electrons. The third-order valence-corrected chi connectivity index (χ3v) is 7.36. The lowest BCUT2D eigenvalue weighted by Crippen LogP contribution is -2.52. The summed E-state index contributed by atoms with van der Waals surface area (Å²) in [6.07, 6.45) is 1.68. The normalized spacial score (nSPS) is 24.5. The van der Waals surface area contributed by atoms with Crippen molar-refractivity contribution in [1.29, 1.82) is 0 Å². The maximum absolute atomic E-state index is 14.8. The Bertz CT molecular complexity index is 1320. The molecule has 8 nitrogen and oxygen atoms in total. The van der Waals surface area contributed by atoms with Crippen molar-refractivity contribution in [3.8, 4) is 0 Å². The number of esters is 1. The summed E-state index contributed by atoms with van der Waals surface area (Å²) in [5, 5.41) is 3.08. The predicted octanol–water partition coefficient (Wildman–Crippen LogP) is 3.08. The van der Waals surface area contributed by atoms with Crippen LogP contribution >= 0.6 is 11.6 Å². The first kappa shape index (κ1) is 26.6. The molecule has 0 amide bonds. The minimum Gasteiger partial charge on any atom is -0.466 e. The van der Waals surface area contributed by atoms with Crippen molar-refractivity contribution in [2.45, 2.75) is 18.1 Å². The molecule has 1 aromatic heterocycles. The van der Waals surface area contributed by atoms with Crippen molar-refractivity contribution in [2.24, 2.45) is 4.99 Å². The van der Waals surface area contributed by atoms with Crippen LogP contribution in [0.3, 0.4) is 0 Å². The maximum atomic E-state index is 14.8. The summed E-state index contributed by atoms with van der Waals surface area (Å²) in [6, 6.07) is 3.38. The fraction of sp³-hybridized carbons (Fsp3) is 0.423. The Hall–Kier alpha value is -2.99. The van der Waals surface area contributed by atoms with Crippen LogP contribution < -0.4 is 5.32 Å². The number of rotatable bonds is 5. The molecule has 5 rings (SSSR count). The number of hydrogen-bond acceptors (Lipinski definition) is 8. The third-order valence-electron chi connectivity index (χ3n) is 7.04. The molecule has 2 saturated heterocycles. The van der Waals surface area contributed by atoms with E-state index in [0.29, 0.717) is 37.0 Å². The van der Waals surface area contributed by atoms with Gasteiger partial charge in [0.15, 0.2) is 11.7 Å². The Morgan fingerprint density at radius 3 is 2.76 bits per heavy atom. The second kappa shape index (κ2) is 10.6. The smallest absolute Gasteiger partial charge is 0.338 e. The van der Waals surface area contributed by atoms with Gasteiger partial charge >= 0.3 is 5.97 Å². The molecule has 1 unspecified atom stereocenters. The number of nitrogens with one attached hydrogen (secondary N) is 1. The van der Waals surface area contributed by atoms with Gasteiger partial charge in [0.2, 0.25) is 0 Å². The number of hydrogen-bond donors (Lipinski definition) is 1. The molecular weight excluding hydrogens is 523 g/mol. The van der Waals surface area contributed by atoms with Crippen molar-refractivity contribution in [2.75, 3.05) is 53.5 Å². The molecule has 1 aromatic carbocycles. The van der Waals surface area contributed by atoms with E-state index in [1.807, 2.05) is 0 Å². The van der Waals surface area contributed by atoms with Gasteiger partial charge in [0, 0.05) is 55.1 Å². The molecule has 202 valence electrons.